The van der Waals surface area contributed by atoms with Crippen molar-refractivity contribution in [2.45, 2.75) is 18.8 Å². The molecule has 1 aliphatic heterocycles. The van der Waals surface area contributed by atoms with Gasteiger partial charge < -0.3 is 10.6 Å². The predicted octanol–water partition coefficient (Wildman–Crippen LogP) is 2.96. The Kier molecular flexibility index (Phi) is 5.26. The van der Waals surface area contributed by atoms with E-state index in [0.29, 0.717) is 31.2 Å². The highest BCUT2D eigenvalue weighted by atomic mass is 19.1. The second-order valence-electron chi connectivity index (χ2n) is 6.44. The van der Waals surface area contributed by atoms with Gasteiger partial charge in [-0.3, -0.25) is 4.79 Å². The van der Waals surface area contributed by atoms with Crippen molar-refractivity contribution in [1.29, 1.82) is 0 Å². The highest BCUT2D eigenvalue weighted by Crippen LogP contribution is 2.32. The van der Waals surface area contributed by atoms with Crippen molar-refractivity contribution >= 4 is 5.91 Å². The first-order valence-corrected chi connectivity index (χ1v) is 8.44. The summed E-state index contributed by atoms with van der Waals surface area (Å²) in [5.74, 6) is 0.519. The fraction of sp³-hybridized carbons (Fsp3) is 0.350. The maximum absolute atomic E-state index is 12.9. The number of aryl methyl sites for hydroxylation is 1. The van der Waals surface area contributed by atoms with Gasteiger partial charge >= 0.3 is 0 Å². The van der Waals surface area contributed by atoms with E-state index in [-0.39, 0.29) is 11.7 Å². The molecule has 0 saturated carbocycles. The summed E-state index contributed by atoms with van der Waals surface area (Å²) in [4.78, 5) is 14.5. The Hall–Kier alpha value is -2.20. The van der Waals surface area contributed by atoms with Crippen LogP contribution >= 0.6 is 0 Å². The van der Waals surface area contributed by atoms with Gasteiger partial charge in [0.05, 0.1) is 0 Å². The lowest BCUT2D eigenvalue weighted by Crippen LogP contribution is -2.30. The SMILES string of the molecule is NC[C@@H]1CN(C(=O)CCc2ccc(F)cc2)C[C@H]1c1ccccc1. The maximum Gasteiger partial charge on any atom is 0.222 e. The van der Waals surface area contributed by atoms with Crippen molar-refractivity contribution in [3.05, 3.63) is 71.5 Å². The molecule has 2 N–H and O–H groups in total. The van der Waals surface area contributed by atoms with Gasteiger partial charge in [0.1, 0.15) is 5.82 Å². The summed E-state index contributed by atoms with van der Waals surface area (Å²) in [7, 11) is 0. The maximum atomic E-state index is 12.9. The normalized spacial score (nSPS) is 20.3. The Balaban J connectivity index is 1.60. The molecule has 1 aliphatic rings. The van der Waals surface area contributed by atoms with Gasteiger partial charge in [0.2, 0.25) is 5.91 Å². The zero-order chi connectivity index (χ0) is 16.9. The molecule has 0 bridgehead atoms. The Morgan fingerprint density at radius 3 is 2.46 bits per heavy atom. The van der Waals surface area contributed by atoms with Gasteiger partial charge in [-0.2, -0.15) is 0 Å². The number of carbonyl (C=O) groups excluding carboxylic acids is 1. The van der Waals surface area contributed by atoms with Gasteiger partial charge in [-0.1, -0.05) is 42.5 Å². The molecule has 0 unspecified atom stereocenters. The number of benzene rings is 2. The van der Waals surface area contributed by atoms with Crippen LogP contribution in [0.25, 0.3) is 0 Å². The van der Waals surface area contributed by atoms with Crippen molar-refractivity contribution in [2.24, 2.45) is 11.7 Å². The van der Waals surface area contributed by atoms with E-state index in [9.17, 15) is 9.18 Å². The number of nitrogens with two attached hydrogens (primary N) is 1. The quantitative estimate of drug-likeness (QED) is 0.918. The van der Waals surface area contributed by atoms with Crippen LogP contribution in [0.4, 0.5) is 4.39 Å². The first kappa shape index (κ1) is 16.7. The van der Waals surface area contributed by atoms with E-state index >= 15 is 0 Å². The third-order valence-electron chi connectivity index (χ3n) is 4.86. The molecule has 3 rings (SSSR count). The highest BCUT2D eigenvalue weighted by Gasteiger charge is 2.34. The third kappa shape index (κ3) is 3.82. The van der Waals surface area contributed by atoms with Crippen LogP contribution in [0, 0.1) is 11.7 Å². The van der Waals surface area contributed by atoms with Crippen LogP contribution in [0.2, 0.25) is 0 Å². The number of likely N-dealkylation sites (tertiary alicyclic amines) is 1. The molecule has 24 heavy (non-hydrogen) atoms. The summed E-state index contributed by atoms with van der Waals surface area (Å²) in [6.45, 7) is 2.04. The van der Waals surface area contributed by atoms with Gasteiger partial charge in [0.15, 0.2) is 0 Å². The molecule has 3 nitrogen and oxygen atoms in total. The van der Waals surface area contributed by atoms with Crippen molar-refractivity contribution in [1.82, 2.24) is 4.90 Å². The van der Waals surface area contributed by atoms with Crippen molar-refractivity contribution in [3.63, 3.8) is 0 Å². The van der Waals surface area contributed by atoms with Crippen molar-refractivity contribution in [3.8, 4) is 0 Å². The number of nitrogens with zero attached hydrogens (tertiary/aromatic N) is 1. The van der Waals surface area contributed by atoms with Crippen LogP contribution in [0.5, 0.6) is 0 Å². The van der Waals surface area contributed by atoms with Gasteiger partial charge in [0.25, 0.3) is 0 Å². The van der Waals surface area contributed by atoms with Crippen LogP contribution in [-0.2, 0) is 11.2 Å². The minimum absolute atomic E-state index is 0.149. The molecule has 0 radical (unpaired) electrons. The lowest BCUT2D eigenvalue weighted by molar-refractivity contribution is -0.130. The Bertz CT molecular complexity index is 672. The lowest BCUT2D eigenvalue weighted by Gasteiger charge is -2.17. The molecule has 2 aromatic carbocycles. The minimum Gasteiger partial charge on any atom is -0.342 e. The van der Waals surface area contributed by atoms with Crippen LogP contribution in [0.1, 0.15) is 23.5 Å². The number of carbonyl (C=O) groups is 1. The molecule has 1 fully saturated rings. The van der Waals surface area contributed by atoms with E-state index in [4.69, 9.17) is 5.73 Å². The molecule has 2 aromatic rings. The summed E-state index contributed by atoms with van der Waals surface area (Å²) < 4.78 is 12.9. The summed E-state index contributed by atoms with van der Waals surface area (Å²) in [5.41, 5.74) is 8.17. The van der Waals surface area contributed by atoms with Crippen LogP contribution in [0.3, 0.4) is 0 Å². The Labute approximate surface area is 142 Å². The zero-order valence-electron chi connectivity index (χ0n) is 13.7. The minimum atomic E-state index is -0.249. The molecule has 0 spiro atoms. The van der Waals surface area contributed by atoms with Gasteiger partial charge in [-0.15, -0.1) is 0 Å². The fourth-order valence-electron chi connectivity index (χ4n) is 3.45. The first-order valence-electron chi connectivity index (χ1n) is 8.44. The standard InChI is InChI=1S/C20H23FN2O/c21-18-9-6-15(7-10-18)8-11-20(24)23-13-17(12-22)19(14-23)16-4-2-1-3-5-16/h1-7,9-10,17,19H,8,11-14,22H2/t17-,19+/m1/s1. The van der Waals surface area contributed by atoms with Crippen molar-refractivity contribution in [2.75, 3.05) is 19.6 Å². The van der Waals surface area contributed by atoms with E-state index in [1.54, 1.807) is 12.1 Å². The number of hydrogen-bond donors (Lipinski definition) is 1. The van der Waals surface area contributed by atoms with E-state index < -0.39 is 0 Å². The molecule has 0 aliphatic carbocycles. The monoisotopic (exact) mass is 326 g/mol. The van der Waals surface area contributed by atoms with Gasteiger partial charge in [-0.25, -0.2) is 4.39 Å². The third-order valence-corrected chi connectivity index (χ3v) is 4.86. The second-order valence-corrected chi connectivity index (χ2v) is 6.44. The predicted molar refractivity (Wildman–Crippen MR) is 93.0 cm³/mol. The summed E-state index contributed by atoms with van der Waals surface area (Å²) >= 11 is 0. The molecule has 4 heteroatoms. The molecule has 2 atom stereocenters. The van der Waals surface area contributed by atoms with E-state index in [1.165, 1.54) is 17.7 Å². The summed E-state index contributed by atoms with van der Waals surface area (Å²) in [6, 6.07) is 16.6. The van der Waals surface area contributed by atoms with E-state index in [2.05, 4.69) is 12.1 Å². The van der Waals surface area contributed by atoms with Crippen LogP contribution in [-0.4, -0.2) is 30.4 Å². The van der Waals surface area contributed by atoms with Gasteiger partial charge in [0, 0.05) is 25.4 Å². The number of rotatable bonds is 5. The summed E-state index contributed by atoms with van der Waals surface area (Å²) in [6.07, 6.45) is 1.09. The number of hydrogen-bond acceptors (Lipinski definition) is 2. The topological polar surface area (TPSA) is 46.3 Å². The number of halogens is 1. The molecule has 126 valence electrons. The highest BCUT2D eigenvalue weighted by molar-refractivity contribution is 5.77. The summed E-state index contributed by atoms with van der Waals surface area (Å²) in [5, 5.41) is 0. The molecule has 1 heterocycles. The largest absolute Gasteiger partial charge is 0.342 e. The average Bonchev–Trinajstić information content (AvgIpc) is 3.06. The molecule has 1 amide bonds. The van der Waals surface area contributed by atoms with Gasteiger partial charge in [-0.05, 0) is 42.1 Å². The van der Waals surface area contributed by atoms with Crippen LogP contribution in [0.15, 0.2) is 54.6 Å². The molecular formula is C20H23FN2O. The molecule has 1 saturated heterocycles. The number of amides is 1. The smallest absolute Gasteiger partial charge is 0.222 e. The Morgan fingerprint density at radius 2 is 1.79 bits per heavy atom. The fourth-order valence-corrected chi connectivity index (χ4v) is 3.45. The van der Waals surface area contributed by atoms with E-state index in [0.717, 1.165) is 18.7 Å². The molecule has 0 aromatic heterocycles. The first-order chi connectivity index (χ1) is 11.7. The average molecular weight is 326 g/mol. The van der Waals surface area contributed by atoms with Crippen LogP contribution < -0.4 is 5.73 Å². The van der Waals surface area contributed by atoms with E-state index in [1.807, 2.05) is 23.1 Å². The van der Waals surface area contributed by atoms with Crippen molar-refractivity contribution < 1.29 is 9.18 Å². The lowest BCUT2D eigenvalue weighted by atomic mass is 9.89. The molecular weight excluding hydrogens is 303 g/mol. The second kappa shape index (κ2) is 7.58. The zero-order valence-corrected chi connectivity index (χ0v) is 13.7. The Morgan fingerprint density at radius 1 is 1.08 bits per heavy atom.